The number of carbonyl (C=O) groups excluding carboxylic acids is 1. The largest absolute Gasteiger partial charge is 0.369 e. The van der Waals surface area contributed by atoms with E-state index in [1.54, 1.807) is 24.3 Å². The van der Waals surface area contributed by atoms with Gasteiger partial charge in [0.1, 0.15) is 17.6 Å². The van der Waals surface area contributed by atoms with E-state index in [9.17, 15) is 9.18 Å². The first-order valence-electron chi connectivity index (χ1n) is 7.43. The van der Waals surface area contributed by atoms with Gasteiger partial charge in [-0.1, -0.05) is 17.7 Å². The van der Waals surface area contributed by atoms with Crippen LogP contribution in [0.3, 0.4) is 0 Å². The lowest BCUT2D eigenvalue weighted by Gasteiger charge is -2.23. The molecule has 0 radical (unpaired) electrons. The summed E-state index contributed by atoms with van der Waals surface area (Å²) in [6, 6.07) is 7.42. The molecular weight excluding hydrogens is 335 g/mol. The van der Waals surface area contributed by atoms with Gasteiger partial charge in [-0.2, -0.15) is 0 Å². The van der Waals surface area contributed by atoms with Crippen LogP contribution >= 0.6 is 11.6 Å². The van der Waals surface area contributed by atoms with Crippen LogP contribution in [0.2, 0.25) is 5.02 Å². The molecule has 126 valence electrons. The number of anilines is 2. The van der Waals surface area contributed by atoms with Gasteiger partial charge in [0.05, 0.1) is 18.5 Å². The molecule has 2 amide bonds. The molecule has 0 bridgehead atoms. The quantitative estimate of drug-likeness (QED) is 0.794. The Kier molecular flexibility index (Phi) is 5.24. The van der Waals surface area contributed by atoms with Gasteiger partial charge in [0.15, 0.2) is 0 Å². The topological polar surface area (TPSA) is 75.3 Å². The molecule has 1 saturated heterocycles. The third-order valence-corrected chi connectivity index (χ3v) is 3.68. The fourth-order valence-electron chi connectivity index (χ4n) is 2.35. The van der Waals surface area contributed by atoms with Gasteiger partial charge in [0, 0.05) is 29.9 Å². The minimum atomic E-state index is -0.524. The number of halogens is 2. The molecule has 3 rings (SSSR count). The van der Waals surface area contributed by atoms with Gasteiger partial charge < -0.3 is 20.7 Å². The SMILES string of the molecule is O=C(Nc1cccc(Cl)c1)Nc1cnc(C2CNCCO2)c(F)c1. The molecule has 1 atom stereocenters. The highest BCUT2D eigenvalue weighted by atomic mass is 35.5. The number of hydrogen-bond donors (Lipinski definition) is 3. The number of amides is 2. The van der Waals surface area contributed by atoms with Crippen LogP contribution in [0.15, 0.2) is 36.5 Å². The van der Waals surface area contributed by atoms with Gasteiger partial charge >= 0.3 is 6.03 Å². The second-order valence-corrected chi connectivity index (χ2v) is 5.68. The number of rotatable bonds is 3. The van der Waals surface area contributed by atoms with Crippen LogP contribution in [-0.2, 0) is 4.74 Å². The van der Waals surface area contributed by atoms with Gasteiger partial charge in [-0.05, 0) is 18.2 Å². The lowest BCUT2D eigenvalue weighted by molar-refractivity contribution is 0.0227. The van der Waals surface area contributed by atoms with Gasteiger partial charge in [-0.25, -0.2) is 9.18 Å². The monoisotopic (exact) mass is 350 g/mol. The van der Waals surface area contributed by atoms with Crippen molar-refractivity contribution in [2.45, 2.75) is 6.10 Å². The number of benzene rings is 1. The van der Waals surface area contributed by atoms with Crippen molar-refractivity contribution in [3.63, 3.8) is 0 Å². The van der Waals surface area contributed by atoms with E-state index >= 15 is 0 Å². The second-order valence-electron chi connectivity index (χ2n) is 5.24. The average Bonchev–Trinajstić information content (AvgIpc) is 2.55. The third kappa shape index (κ3) is 4.19. The molecule has 0 saturated carbocycles. The molecule has 1 aromatic carbocycles. The smallest absolute Gasteiger partial charge is 0.323 e. The minimum Gasteiger partial charge on any atom is -0.369 e. The number of carbonyl (C=O) groups is 1. The summed E-state index contributed by atoms with van der Waals surface area (Å²) in [6.45, 7) is 1.75. The molecule has 0 spiro atoms. The minimum absolute atomic E-state index is 0.225. The summed E-state index contributed by atoms with van der Waals surface area (Å²) in [5.41, 5.74) is 1.01. The standard InChI is InChI=1S/C16H16ClFN4O2/c17-10-2-1-3-11(6-10)21-16(23)22-12-7-13(18)15(20-8-12)14-9-19-4-5-24-14/h1-3,6-8,14,19H,4-5,9H2,(H2,21,22,23). The van der Waals surface area contributed by atoms with Crippen molar-refractivity contribution >= 4 is 29.0 Å². The van der Waals surface area contributed by atoms with E-state index in [4.69, 9.17) is 16.3 Å². The summed E-state index contributed by atoms with van der Waals surface area (Å²) in [7, 11) is 0. The number of hydrogen-bond acceptors (Lipinski definition) is 4. The number of nitrogens with zero attached hydrogens (tertiary/aromatic N) is 1. The van der Waals surface area contributed by atoms with E-state index in [0.29, 0.717) is 23.9 Å². The maximum atomic E-state index is 14.2. The molecule has 1 aromatic heterocycles. The second kappa shape index (κ2) is 7.57. The highest BCUT2D eigenvalue weighted by molar-refractivity contribution is 6.30. The highest BCUT2D eigenvalue weighted by Crippen LogP contribution is 2.22. The first-order valence-corrected chi connectivity index (χ1v) is 7.81. The number of aromatic nitrogens is 1. The lowest BCUT2D eigenvalue weighted by atomic mass is 10.2. The van der Waals surface area contributed by atoms with Crippen LogP contribution in [0.5, 0.6) is 0 Å². The Bertz CT molecular complexity index is 738. The van der Waals surface area contributed by atoms with Gasteiger partial charge in [0.2, 0.25) is 0 Å². The Morgan fingerprint density at radius 2 is 2.17 bits per heavy atom. The van der Waals surface area contributed by atoms with Crippen molar-refractivity contribution < 1.29 is 13.9 Å². The van der Waals surface area contributed by atoms with E-state index in [2.05, 4.69) is 20.9 Å². The van der Waals surface area contributed by atoms with Gasteiger partial charge in [0.25, 0.3) is 0 Å². The Labute approximate surface area is 143 Å². The zero-order chi connectivity index (χ0) is 16.9. The summed E-state index contributed by atoms with van der Waals surface area (Å²) >= 11 is 5.85. The summed E-state index contributed by atoms with van der Waals surface area (Å²) in [5, 5.41) is 8.76. The summed E-state index contributed by atoms with van der Waals surface area (Å²) < 4.78 is 19.7. The normalized spacial score (nSPS) is 17.3. The molecule has 6 nitrogen and oxygen atoms in total. The predicted molar refractivity (Wildman–Crippen MR) is 89.9 cm³/mol. The van der Waals surface area contributed by atoms with E-state index in [1.165, 1.54) is 12.3 Å². The van der Waals surface area contributed by atoms with E-state index < -0.39 is 18.0 Å². The Morgan fingerprint density at radius 1 is 1.33 bits per heavy atom. The third-order valence-electron chi connectivity index (χ3n) is 3.44. The summed E-state index contributed by atoms with van der Waals surface area (Å²) in [4.78, 5) is 16.0. The fourth-order valence-corrected chi connectivity index (χ4v) is 2.54. The fraction of sp³-hybridized carbons (Fsp3) is 0.250. The first kappa shape index (κ1) is 16.6. The number of pyridine rings is 1. The van der Waals surface area contributed by atoms with Crippen molar-refractivity contribution in [2.24, 2.45) is 0 Å². The lowest BCUT2D eigenvalue weighted by Crippen LogP contribution is -2.34. The van der Waals surface area contributed by atoms with Crippen LogP contribution in [0.4, 0.5) is 20.6 Å². The van der Waals surface area contributed by atoms with Crippen molar-refractivity contribution in [2.75, 3.05) is 30.3 Å². The number of nitrogens with one attached hydrogen (secondary N) is 3. The van der Waals surface area contributed by atoms with Crippen LogP contribution in [0.1, 0.15) is 11.8 Å². The Hall–Kier alpha value is -2.22. The maximum Gasteiger partial charge on any atom is 0.323 e. The average molecular weight is 351 g/mol. The Balaban J connectivity index is 1.64. The molecule has 24 heavy (non-hydrogen) atoms. The zero-order valence-electron chi connectivity index (χ0n) is 12.7. The molecule has 0 aliphatic carbocycles. The number of morpholine rings is 1. The molecular formula is C16H16ClFN4O2. The molecule has 1 aliphatic rings. The van der Waals surface area contributed by atoms with Crippen LogP contribution in [0, 0.1) is 5.82 Å². The summed E-state index contributed by atoms with van der Waals surface area (Å²) in [6.07, 6.45) is 0.974. The summed E-state index contributed by atoms with van der Waals surface area (Å²) in [5.74, 6) is -0.524. The molecule has 3 N–H and O–H groups in total. The van der Waals surface area contributed by atoms with Crippen molar-refractivity contribution in [1.82, 2.24) is 10.3 Å². The molecule has 1 unspecified atom stereocenters. The van der Waals surface area contributed by atoms with Gasteiger partial charge in [-0.3, -0.25) is 4.98 Å². The molecule has 1 aliphatic heterocycles. The predicted octanol–water partition coefficient (Wildman–Crippen LogP) is 3.18. The van der Waals surface area contributed by atoms with Crippen molar-refractivity contribution in [1.29, 1.82) is 0 Å². The van der Waals surface area contributed by atoms with Crippen LogP contribution in [-0.4, -0.2) is 30.7 Å². The van der Waals surface area contributed by atoms with E-state index in [-0.39, 0.29) is 11.4 Å². The van der Waals surface area contributed by atoms with Crippen LogP contribution < -0.4 is 16.0 Å². The highest BCUT2D eigenvalue weighted by Gasteiger charge is 2.21. The Morgan fingerprint density at radius 3 is 2.88 bits per heavy atom. The maximum absolute atomic E-state index is 14.2. The number of urea groups is 1. The van der Waals surface area contributed by atoms with Crippen molar-refractivity contribution in [3.8, 4) is 0 Å². The van der Waals surface area contributed by atoms with Crippen molar-refractivity contribution in [3.05, 3.63) is 53.1 Å². The molecule has 2 heterocycles. The van der Waals surface area contributed by atoms with E-state index in [1.807, 2.05) is 0 Å². The van der Waals surface area contributed by atoms with Gasteiger partial charge in [-0.15, -0.1) is 0 Å². The zero-order valence-corrected chi connectivity index (χ0v) is 13.4. The molecule has 2 aromatic rings. The van der Waals surface area contributed by atoms with E-state index in [0.717, 1.165) is 6.54 Å². The molecule has 8 heteroatoms. The number of ether oxygens (including phenoxy) is 1. The molecule has 1 fully saturated rings. The van der Waals surface area contributed by atoms with Crippen LogP contribution in [0.25, 0.3) is 0 Å². The first-order chi connectivity index (χ1) is 11.6.